The Morgan fingerprint density at radius 1 is 0.809 bits per heavy atom. The van der Waals surface area contributed by atoms with Gasteiger partial charge in [-0.1, -0.05) is 87.5 Å². The summed E-state index contributed by atoms with van der Waals surface area (Å²) in [4.78, 5) is 31.3. The molecule has 1 amide bonds. The number of anilines is 1. The lowest BCUT2D eigenvalue weighted by molar-refractivity contribution is -0.118. The molecule has 3 unspecified atom stereocenters. The summed E-state index contributed by atoms with van der Waals surface area (Å²) in [5.41, 5.74) is 1.63. The van der Waals surface area contributed by atoms with Gasteiger partial charge < -0.3 is 42.8 Å². The van der Waals surface area contributed by atoms with Crippen LogP contribution in [0.3, 0.4) is 0 Å². The van der Waals surface area contributed by atoms with E-state index in [2.05, 4.69) is 69.5 Å². The second-order valence-electron chi connectivity index (χ2n) is 17.8. The summed E-state index contributed by atoms with van der Waals surface area (Å²) in [5.74, 6) is 1.43. The number of carbonyl (C=O) groups is 1. The molecule has 1 fully saturated rings. The zero-order valence-electron chi connectivity index (χ0n) is 40.6. The Hall–Kier alpha value is -5.69. The third-order valence-electron chi connectivity index (χ3n) is 11.5. The predicted molar refractivity (Wildman–Crippen MR) is 261 cm³/mol. The van der Waals surface area contributed by atoms with Gasteiger partial charge in [-0.15, -0.1) is 0 Å². The Balaban J connectivity index is 1.36. The average Bonchev–Trinajstić information content (AvgIpc) is 3.67. The smallest absolute Gasteiger partial charge is 0.351 e. The number of benzene rings is 4. The molecule has 1 aromatic heterocycles. The molecule has 1 N–H and O–H groups in total. The Morgan fingerprint density at radius 2 is 1.37 bits per heavy atom. The second-order valence-corrected chi connectivity index (χ2v) is 19.2. The van der Waals surface area contributed by atoms with E-state index in [0.29, 0.717) is 17.2 Å². The summed E-state index contributed by atoms with van der Waals surface area (Å²) >= 11 is 0. The first-order valence-corrected chi connectivity index (χ1v) is 23.8. The Labute approximate surface area is 401 Å². The van der Waals surface area contributed by atoms with Crippen molar-refractivity contribution >= 4 is 20.3 Å². The maximum absolute atomic E-state index is 14.0. The maximum atomic E-state index is 14.0. The van der Waals surface area contributed by atoms with Gasteiger partial charge in [0.15, 0.2) is 12.8 Å². The molecule has 0 saturated carbocycles. The number of nitrogens with one attached hydrogen (secondary N) is 1. The van der Waals surface area contributed by atoms with Gasteiger partial charge in [-0.05, 0) is 97.8 Å². The molecule has 0 bridgehead atoms. The molecule has 2 heterocycles. The summed E-state index contributed by atoms with van der Waals surface area (Å²) < 4.78 is 54.1. The van der Waals surface area contributed by atoms with E-state index >= 15 is 0 Å². The minimum absolute atomic E-state index is 0.0122. The van der Waals surface area contributed by atoms with Crippen LogP contribution in [0.15, 0.2) is 120 Å². The van der Waals surface area contributed by atoms with Crippen molar-refractivity contribution in [3.8, 4) is 23.3 Å². The van der Waals surface area contributed by atoms with E-state index in [9.17, 15) is 14.9 Å². The van der Waals surface area contributed by atoms with Gasteiger partial charge in [0.05, 0.1) is 39.9 Å². The number of nitrogens with zero attached hydrogens (tertiary/aromatic N) is 4. The topological polar surface area (TPSA) is 165 Å². The van der Waals surface area contributed by atoms with Gasteiger partial charge in [-0.3, -0.25) is 9.36 Å². The number of hydrogen-bond acceptors (Lipinski definition) is 13. The van der Waals surface area contributed by atoms with Gasteiger partial charge in [-0.25, -0.2) is 9.46 Å². The fraction of sp³-hybridized carbons (Fsp3) is 0.423. The number of ether oxygens (including phenoxy) is 6. The molecule has 15 nitrogen and oxygen atoms in total. The van der Waals surface area contributed by atoms with E-state index in [1.807, 2.05) is 103 Å². The minimum atomic E-state index is -1.83. The van der Waals surface area contributed by atoms with Crippen molar-refractivity contribution in [3.63, 3.8) is 0 Å². The van der Waals surface area contributed by atoms with Crippen molar-refractivity contribution in [3.05, 3.63) is 148 Å². The van der Waals surface area contributed by atoms with Crippen LogP contribution in [0.1, 0.15) is 83.4 Å². The van der Waals surface area contributed by atoms with Crippen LogP contribution in [0.5, 0.6) is 17.2 Å². The van der Waals surface area contributed by atoms with Gasteiger partial charge in [0.2, 0.25) is 0 Å². The highest BCUT2D eigenvalue weighted by Gasteiger charge is 2.51. The van der Waals surface area contributed by atoms with Gasteiger partial charge >= 0.3 is 5.69 Å². The Kier molecular flexibility index (Phi) is 17.9. The number of amides is 1. The molecule has 68 heavy (non-hydrogen) atoms. The molecule has 16 heteroatoms. The zero-order chi connectivity index (χ0) is 49.0. The zero-order valence-corrected chi connectivity index (χ0v) is 41.5. The minimum Gasteiger partial charge on any atom is -0.497 e. The molecule has 0 spiro atoms. The maximum Gasteiger partial charge on any atom is 0.351 e. The molecule has 1 saturated heterocycles. The van der Waals surface area contributed by atoms with Crippen LogP contribution in [0, 0.1) is 11.3 Å². The van der Waals surface area contributed by atoms with Crippen molar-refractivity contribution in [2.75, 3.05) is 46.5 Å². The van der Waals surface area contributed by atoms with Crippen LogP contribution >= 0.6 is 8.53 Å². The first kappa shape index (κ1) is 51.7. The molecule has 1 aliphatic rings. The summed E-state index contributed by atoms with van der Waals surface area (Å²) in [5, 5.41) is 12.1. The third kappa shape index (κ3) is 12.3. The summed E-state index contributed by atoms with van der Waals surface area (Å²) in [6.07, 6.45) is -2.09. The van der Waals surface area contributed by atoms with E-state index in [0.717, 1.165) is 22.3 Å². The summed E-state index contributed by atoms with van der Waals surface area (Å²) in [6, 6.07) is 36.5. The van der Waals surface area contributed by atoms with Crippen LogP contribution in [0.2, 0.25) is 0 Å². The van der Waals surface area contributed by atoms with Crippen molar-refractivity contribution in [2.45, 2.75) is 103 Å². The molecule has 5 atom stereocenters. The van der Waals surface area contributed by atoms with E-state index in [1.54, 1.807) is 14.2 Å². The lowest BCUT2D eigenvalue weighted by atomic mass is 9.80. The highest BCUT2D eigenvalue weighted by molar-refractivity contribution is 7.44. The lowest BCUT2D eigenvalue weighted by Crippen LogP contribution is -2.43. The molecule has 0 radical (unpaired) electrons. The van der Waals surface area contributed by atoms with Crippen molar-refractivity contribution < 1.29 is 42.3 Å². The van der Waals surface area contributed by atoms with Crippen LogP contribution in [-0.4, -0.2) is 91.7 Å². The third-order valence-corrected chi connectivity index (χ3v) is 13.7. The van der Waals surface area contributed by atoms with Crippen molar-refractivity contribution in [1.82, 2.24) is 14.2 Å². The fourth-order valence-corrected chi connectivity index (χ4v) is 9.95. The highest BCUT2D eigenvalue weighted by Crippen LogP contribution is 2.51. The number of aromatic nitrogens is 2. The molecule has 0 aliphatic carbocycles. The average molecular weight is 950 g/mol. The van der Waals surface area contributed by atoms with Crippen LogP contribution in [0.4, 0.5) is 5.82 Å². The standard InChI is InChI=1S/C52H64N5O10P/c1-35(2)57(36(3)4)68(65-32-14-30-53)67-47-44(33-64-52(38-15-12-11-13-16-38,39-19-23-41(60-8)24-20-39)40-21-25-42(61-9)26-22-40)66-49(48(47)62-10)56-31-29-45(55-50(56)59)54-46(58)34-63-43-27-17-37(18-28-43)51(5,6)7/h11-13,15-29,31,35-36,44,47-49H,14,32-34H2,1-10H3,(H,54,55,58,59)/t44?,47?,48-,49?,68+/m0/s1. The summed E-state index contributed by atoms with van der Waals surface area (Å²) in [6.45, 7) is 14.3. The molecule has 362 valence electrons. The number of hydrogen-bond donors (Lipinski definition) is 1. The quantitative estimate of drug-likeness (QED) is 0.0397. The largest absolute Gasteiger partial charge is 0.497 e. The van der Waals surface area contributed by atoms with Crippen LogP contribution in [-0.2, 0) is 39.1 Å². The number of rotatable bonds is 22. The fourth-order valence-electron chi connectivity index (χ4n) is 8.18. The van der Waals surface area contributed by atoms with Gasteiger partial charge in [0.1, 0.15) is 47.0 Å². The molecule has 1 aliphatic heterocycles. The van der Waals surface area contributed by atoms with E-state index < -0.39 is 50.3 Å². The van der Waals surface area contributed by atoms with Crippen LogP contribution < -0.4 is 25.2 Å². The van der Waals surface area contributed by atoms with Crippen molar-refractivity contribution in [1.29, 1.82) is 5.26 Å². The second kappa shape index (κ2) is 23.6. The number of nitriles is 1. The van der Waals surface area contributed by atoms with Gasteiger partial charge in [-0.2, -0.15) is 10.2 Å². The van der Waals surface area contributed by atoms with Crippen LogP contribution in [0.25, 0.3) is 0 Å². The first-order valence-electron chi connectivity index (χ1n) is 22.7. The predicted octanol–water partition coefficient (Wildman–Crippen LogP) is 9.16. The lowest BCUT2D eigenvalue weighted by Gasteiger charge is -2.39. The van der Waals surface area contributed by atoms with Gasteiger partial charge in [0.25, 0.3) is 14.4 Å². The van der Waals surface area contributed by atoms with E-state index in [4.69, 9.17) is 37.5 Å². The van der Waals surface area contributed by atoms with Crippen molar-refractivity contribution in [2.24, 2.45) is 0 Å². The van der Waals surface area contributed by atoms with E-state index in [1.165, 1.54) is 23.9 Å². The molecular formula is C52H64N5O10P. The number of carbonyl (C=O) groups excluding carboxylic acids is 1. The Morgan fingerprint density at radius 3 is 1.88 bits per heavy atom. The Bertz CT molecular complexity index is 2420. The SMILES string of the molecule is COc1ccc(C(OCC2OC(n3ccc(NC(=O)COc4ccc(C(C)(C)C)cc4)nc3=O)[C@@H](OC)C2O[P@@](OCCC#N)N(C(C)C)C(C)C)(c2ccccc2)c2ccc(OC)cc2)cc1. The first-order chi connectivity index (χ1) is 32.6. The number of methoxy groups -OCH3 is 3. The van der Waals surface area contributed by atoms with E-state index in [-0.39, 0.29) is 49.6 Å². The molecule has 6 rings (SSSR count). The normalized spacial score (nSPS) is 17.8. The monoisotopic (exact) mass is 949 g/mol. The van der Waals surface area contributed by atoms with Gasteiger partial charge in [0, 0.05) is 25.4 Å². The molecule has 4 aromatic carbocycles. The highest BCUT2D eigenvalue weighted by atomic mass is 31.2. The summed E-state index contributed by atoms with van der Waals surface area (Å²) in [7, 11) is 2.93. The molecule has 5 aromatic rings. The molecular weight excluding hydrogens is 886 g/mol.